The lowest BCUT2D eigenvalue weighted by atomic mass is 10.1. The van der Waals surface area contributed by atoms with Gasteiger partial charge in [0, 0.05) is 5.56 Å². The Morgan fingerprint density at radius 2 is 1.83 bits per heavy atom. The maximum atomic E-state index is 11.8. The Labute approximate surface area is 105 Å². The summed E-state index contributed by atoms with van der Waals surface area (Å²) in [6, 6.07) is 13.2. The van der Waals surface area contributed by atoms with Gasteiger partial charge in [0.25, 0.3) is 5.91 Å². The van der Waals surface area contributed by atoms with E-state index in [1.165, 1.54) is 7.11 Å². The van der Waals surface area contributed by atoms with E-state index in [2.05, 4.69) is 10.1 Å². The molecule has 1 amide bonds. The molecule has 2 aromatic carbocycles. The smallest absolute Gasteiger partial charge is 0.325 e. The number of carbonyl (C=O) groups is 2. The fraction of sp³-hybridized carbons (Fsp3) is 0.143. The third-order valence-corrected chi connectivity index (χ3v) is 2.63. The first-order valence-corrected chi connectivity index (χ1v) is 5.54. The van der Waals surface area contributed by atoms with E-state index in [1.54, 1.807) is 12.1 Å². The molecule has 0 fully saturated rings. The molecule has 0 aromatic heterocycles. The van der Waals surface area contributed by atoms with Gasteiger partial charge in [-0.25, -0.2) is 0 Å². The number of ether oxygens (including phenoxy) is 1. The third kappa shape index (κ3) is 2.66. The van der Waals surface area contributed by atoms with Gasteiger partial charge in [-0.3, -0.25) is 9.59 Å². The summed E-state index contributed by atoms with van der Waals surface area (Å²) in [6.45, 7) is -0.123. The highest BCUT2D eigenvalue weighted by Gasteiger charge is 2.08. The molecule has 0 spiro atoms. The molecule has 0 atom stereocenters. The molecule has 0 heterocycles. The van der Waals surface area contributed by atoms with Gasteiger partial charge >= 0.3 is 5.97 Å². The van der Waals surface area contributed by atoms with Crippen molar-refractivity contribution in [3.63, 3.8) is 0 Å². The molecule has 0 saturated heterocycles. The number of rotatable bonds is 3. The number of fused-ring (bicyclic) bond motifs is 1. The molecule has 0 saturated carbocycles. The quantitative estimate of drug-likeness (QED) is 0.835. The Morgan fingerprint density at radius 1 is 1.11 bits per heavy atom. The Balaban J connectivity index is 2.15. The van der Waals surface area contributed by atoms with E-state index in [1.807, 2.05) is 30.3 Å². The predicted octanol–water partition coefficient (Wildman–Crippen LogP) is 1.74. The molecule has 2 aromatic rings. The molecule has 0 bridgehead atoms. The van der Waals surface area contributed by atoms with Crippen molar-refractivity contribution in [3.05, 3.63) is 48.0 Å². The highest BCUT2D eigenvalue weighted by molar-refractivity contribution is 5.99. The number of nitrogens with one attached hydrogen (secondary N) is 1. The molecule has 0 aliphatic carbocycles. The van der Waals surface area contributed by atoms with E-state index >= 15 is 0 Å². The van der Waals surface area contributed by atoms with Crippen LogP contribution < -0.4 is 5.32 Å². The molecule has 0 aliphatic rings. The lowest BCUT2D eigenvalue weighted by Gasteiger charge is -2.05. The summed E-state index contributed by atoms with van der Waals surface area (Å²) in [4.78, 5) is 22.7. The van der Waals surface area contributed by atoms with Crippen LogP contribution in [0.5, 0.6) is 0 Å². The highest BCUT2D eigenvalue weighted by atomic mass is 16.5. The van der Waals surface area contributed by atoms with Crippen LogP contribution in [-0.2, 0) is 9.53 Å². The first-order chi connectivity index (χ1) is 8.70. The maximum Gasteiger partial charge on any atom is 0.325 e. The number of benzene rings is 2. The van der Waals surface area contributed by atoms with Crippen molar-refractivity contribution >= 4 is 22.6 Å². The normalized spacial score (nSPS) is 10.1. The van der Waals surface area contributed by atoms with Crippen molar-refractivity contribution in [2.75, 3.05) is 13.7 Å². The van der Waals surface area contributed by atoms with Gasteiger partial charge in [0.15, 0.2) is 0 Å². The Kier molecular flexibility index (Phi) is 3.57. The van der Waals surface area contributed by atoms with Crippen LogP contribution in [0.3, 0.4) is 0 Å². The molecule has 92 valence electrons. The van der Waals surface area contributed by atoms with Gasteiger partial charge in [0.2, 0.25) is 0 Å². The van der Waals surface area contributed by atoms with Crippen LogP contribution in [0.15, 0.2) is 42.5 Å². The van der Waals surface area contributed by atoms with Crippen molar-refractivity contribution in [2.45, 2.75) is 0 Å². The standard InChI is InChI=1S/C14H13NO3/c1-18-13(16)9-15-14(17)12-7-6-10-4-2-3-5-11(10)8-12/h2-8H,9H2,1H3,(H,15,17). The fourth-order valence-electron chi connectivity index (χ4n) is 1.66. The van der Waals surface area contributed by atoms with Crippen LogP contribution in [-0.4, -0.2) is 25.5 Å². The second-order valence-electron chi connectivity index (χ2n) is 3.82. The minimum atomic E-state index is -0.468. The van der Waals surface area contributed by atoms with Gasteiger partial charge in [-0.15, -0.1) is 0 Å². The molecule has 4 heteroatoms. The molecule has 4 nitrogen and oxygen atoms in total. The van der Waals surface area contributed by atoms with Gasteiger partial charge in [0.05, 0.1) is 7.11 Å². The lowest BCUT2D eigenvalue weighted by molar-refractivity contribution is -0.139. The second-order valence-corrected chi connectivity index (χ2v) is 3.82. The topological polar surface area (TPSA) is 55.4 Å². The summed E-state index contributed by atoms with van der Waals surface area (Å²) in [7, 11) is 1.28. The third-order valence-electron chi connectivity index (χ3n) is 2.63. The van der Waals surface area contributed by atoms with Crippen LogP contribution in [0, 0.1) is 0 Å². The number of hydrogen-bond acceptors (Lipinski definition) is 3. The Hall–Kier alpha value is -2.36. The van der Waals surface area contributed by atoms with Crippen LogP contribution in [0.2, 0.25) is 0 Å². The second kappa shape index (κ2) is 5.31. The van der Waals surface area contributed by atoms with Crippen LogP contribution >= 0.6 is 0 Å². The molecule has 0 radical (unpaired) electrons. The average molecular weight is 243 g/mol. The average Bonchev–Trinajstić information content (AvgIpc) is 2.43. The molecule has 1 N–H and O–H groups in total. The van der Waals surface area contributed by atoms with Crippen molar-refractivity contribution in [1.82, 2.24) is 5.32 Å². The number of hydrogen-bond donors (Lipinski definition) is 1. The molecular formula is C14H13NO3. The lowest BCUT2D eigenvalue weighted by Crippen LogP contribution is -2.30. The summed E-state index contributed by atoms with van der Waals surface area (Å²) in [5, 5.41) is 4.56. The minimum Gasteiger partial charge on any atom is -0.468 e. The Morgan fingerprint density at radius 3 is 2.56 bits per heavy atom. The summed E-state index contributed by atoms with van der Waals surface area (Å²) < 4.78 is 4.45. The fourth-order valence-corrected chi connectivity index (χ4v) is 1.66. The number of methoxy groups -OCH3 is 1. The minimum absolute atomic E-state index is 0.123. The van der Waals surface area contributed by atoms with Crippen LogP contribution in [0.4, 0.5) is 0 Å². The first kappa shape index (κ1) is 12.1. The van der Waals surface area contributed by atoms with Crippen LogP contribution in [0.25, 0.3) is 10.8 Å². The van der Waals surface area contributed by atoms with Crippen molar-refractivity contribution < 1.29 is 14.3 Å². The molecule has 18 heavy (non-hydrogen) atoms. The summed E-state index contributed by atoms with van der Waals surface area (Å²) in [5.41, 5.74) is 0.526. The Bertz CT molecular complexity index is 592. The van der Waals surface area contributed by atoms with E-state index in [4.69, 9.17) is 0 Å². The van der Waals surface area contributed by atoms with Gasteiger partial charge in [-0.2, -0.15) is 0 Å². The number of amides is 1. The predicted molar refractivity (Wildman–Crippen MR) is 68.3 cm³/mol. The maximum absolute atomic E-state index is 11.8. The van der Waals surface area contributed by atoms with Crippen molar-refractivity contribution in [3.8, 4) is 0 Å². The van der Waals surface area contributed by atoms with E-state index in [-0.39, 0.29) is 12.5 Å². The van der Waals surface area contributed by atoms with Gasteiger partial charge in [-0.05, 0) is 22.9 Å². The molecule has 0 aliphatic heterocycles. The molecular weight excluding hydrogens is 230 g/mol. The van der Waals surface area contributed by atoms with Crippen molar-refractivity contribution in [1.29, 1.82) is 0 Å². The zero-order valence-electron chi connectivity index (χ0n) is 9.97. The van der Waals surface area contributed by atoms with Gasteiger partial charge in [-0.1, -0.05) is 30.3 Å². The van der Waals surface area contributed by atoms with E-state index in [0.717, 1.165) is 10.8 Å². The SMILES string of the molecule is COC(=O)CNC(=O)c1ccc2ccccc2c1. The molecule has 0 unspecified atom stereocenters. The largest absolute Gasteiger partial charge is 0.468 e. The number of esters is 1. The number of carbonyl (C=O) groups excluding carboxylic acids is 2. The monoisotopic (exact) mass is 243 g/mol. The summed E-state index contributed by atoms with van der Waals surface area (Å²) in [5.74, 6) is -0.754. The highest BCUT2D eigenvalue weighted by Crippen LogP contribution is 2.15. The first-order valence-electron chi connectivity index (χ1n) is 5.54. The zero-order valence-corrected chi connectivity index (χ0v) is 9.97. The zero-order chi connectivity index (χ0) is 13.0. The van der Waals surface area contributed by atoms with E-state index in [9.17, 15) is 9.59 Å². The van der Waals surface area contributed by atoms with Gasteiger partial charge < -0.3 is 10.1 Å². The van der Waals surface area contributed by atoms with E-state index in [0.29, 0.717) is 5.56 Å². The van der Waals surface area contributed by atoms with Crippen molar-refractivity contribution in [2.24, 2.45) is 0 Å². The molecule has 2 rings (SSSR count). The van der Waals surface area contributed by atoms with Gasteiger partial charge in [0.1, 0.15) is 6.54 Å². The van der Waals surface area contributed by atoms with E-state index < -0.39 is 5.97 Å². The summed E-state index contributed by atoms with van der Waals surface area (Å²) in [6.07, 6.45) is 0. The summed E-state index contributed by atoms with van der Waals surface area (Å²) >= 11 is 0. The van der Waals surface area contributed by atoms with Crippen LogP contribution in [0.1, 0.15) is 10.4 Å².